The summed E-state index contributed by atoms with van der Waals surface area (Å²) in [7, 11) is 0. The predicted molar refractivity (Wildman–Crippen MR) is 106 cm³/mol. The highest BCUT2D eigenvalue weighted by atomic mass is 35.5. The number of nitrogens with zero attached hydrogens (tertiary/aromatic N) is 1. The molecule has 0 spiro atoms. The van der Waals surface area contributed by atoms with Crippen LogP contribution in [0.1, 0.15) is 10.4 Å². The van der Waals surface area contributed by atoms with Crippen LogP contribution in [0.2, 0.25) is 10.0 Å². The van der Waals surface area contributed by atoms with Gasteiger partial charge in [0.15, 0.2) is 0 Å². The fraction of sp³-hybridized carbons (Fsp3) is 0. The third-order valence-corrected chi connectivity index (χ3v) is 4.61. The maximum absolute atomic E-state index is 12.5. The van der Waals surface area contributed by atoms with Gasteiger partial charge in [0, 0.05) is 11.3 Å². The average Bonchev–Trinajstić information content (AvgIpc) is 3.05. The van der Waals surface area contributed by atoms with Crippen molar-refractivity contribution in [3.63, 3.8) is 0 Å². The van der Waals surface area contributed by atoms with Crippen molar-refractivity contribution in [2.24, 2.45) is 0 Å². The molecule has 26 heavy (non-hydrogen) atoms. The van der Waals surface area contributed by atoms with Crippen molar-refractivity contribution in [3.8, 4) is 11.4 Å². The molecule has 2 N–H and O–H groups in total. The second kappa shape index (κ2) is 6.83. The summed E-state index contributed by atoms with van der Waals surface area (Å²) in [6.45, 7) is 0. The molecule has 0 aliphatic rings. The number of para-hydroxylation sites is 1. The molecule has 0 fully saturated rings. The van der Waals surface area contributed by atoms with E-state index in [9.17, 15) is 4.79 Å². The molecule has 0 unspecified atom stereocenters. The van der Waals surface area contributed by atoms with Crippen molar-refractivity contribution in [2.75, 3.05) is 5.32 Å². The lowest BCUT2D eigenvalue weighted by Gasteiger charge is -2.04. The number of benzene rings is 3. The van der Waals surface area contributed by atoms with E-state index >= 15 is 0 Å². The topological polar surface area (TPSA) is 57.8 Å². The van der Waals surface area contributed by atoms with E-state index in [4.69, 9.17) is 23.2 Å². The van der Waals surface area contributed by atoms with Crippen molar-refractivity contribution >= 4 is 45.8 Å². The lowest BCUT2D eigenvalue weighted by Crippen LogP contribution is -2.11. The zero-order valence-electron chi connectivity index (χ0n) is 13.5. The van der Waals surface area contributed by atoms with Crippen molar-refractivity contribution < 1.29 is 4.79 Å². The zero-order valence-corrected chi connectivity index (χ0v) is 15.0. The van der Waals surface area contributed by atoms with E-state index in [1.807, 2.05) is 30.3 Å². The number of anilines is 1. The maximum Gasteiger partial charge on any atom is 0.255 e. The van der Waals surface area contributed by atoms with Crippen molar-refractivity contribution in [1.82, 2.24) is 9.97 Å². The molecule has 0 aliphatic heterocycles. The van der Waals surface area contributed by atoms with Crippen LogP contribution in [-0.2, 0) is 0 Å². The fourth-order valence-electron chi connectivity index (χ4n) is 2.72. The van der Waals surface area contributed by atoms with Gasteiger partial charge in [0.1, 0.15) is 5.82 Å². The maximum atomic E-state index is 12.5. The number of rotatable bonds is 3. The van der Waals surface area contributed by atoms with Gasteiger partial charge in [-0.05, 0) is 42.5 Å². The Hall–Kier alpha value is -2.82. The number of nitrogens with one attached hydrogen (secondary N) is 2. The summed E-state index contributed by atoms with van der Waals surface area (Å²) in [4.78, 5) is 20.2. The molecule has 1 heterocycles. The number of amides is 1. The Bertz CT molecular complexity index is 1090. The standard InChI is InChI=1S/C20H13Cl2N3O/c21-14-7-4-8-15(22)18(14)19-24-16-10-9-12(11-17(16)25-19)20(26)23-13-5-2-1-3-6-13/h1-11H,(H,23,26)(H,24,25). The first kappa shape index (κ1) is 16.6. The number of halogens is 2. The Balaban J connectivity index is 1.69. The molecule has 0 aliphatic carbocycles. The number of carbonyl (C=O) groups is 1. The molecule has 0 radical (unpaired) electrons. The average molecular weight is 382 g/mol. The van der Waals surface area contributed by atoms with E-state index in [2.05, 4.69) is 15.3 Å². The zero-order chi connectivity index (χ0) is 18.1. The van der Waals surface area contributed by atoms with Crippen LogP contribution in [0.15, 0.2) is 66.7 Å². The number of aromatic nitrogens is 2. The lowest BCUT2D eigenvalue weighted by atomic mass is 10.2. The molecule has 1 aromatic heterocycles. The first-order valence-corrected chi connectivity index (χ1v) is 8.68. The minimum absolute atomic E-state index is 0.190. The van der Waals surface area contributed by atoms with E-state index in [1.165, 1.54) is 0 Å². The Labute approximate surface area is 159 Å². The lowest BCUT2D eigenvalue weighted by molar-refractivity contribution is 0.102. The van der Waals surface area contributed by atoms with E-state index in [-0.39, 0.29) is 5.91 Å². The second-order valence-corrected chi connectivity index (χ2v) is 6.55. The molecule has 0 atom stereocenters. The summed E-state index contributed by atoms with van der Waals surface area (Å²) in [6.07, 6.45) is 0. The number of hydrogen-bond acceptors (Lipinski definition) is 2. The molecular formula is C20H13Cl2N3O. The summed E-state index contributed by atoms with van der Waals surface area (Å²) >= 11 is 12.5. The van der Waals surface area contributed by atoms with Gasteiger partial charge in [0.25, 0.3) is 5.91 Å². The Morgan fingerprint density at radius 3 is 2.38 bits per heavy atom. The van der Waals surface area contributed by atoms with Crippen molar-refractivity contribution in [3.05, 3.63) is 82.3 Å². The van der Waals surface area contributed by atoms with E-state index in [0.29, 0.717) is 27.0 Å². The SMILES string of the molecule is O=C(Nc1ccccc1)c1ccc2nc(-c3c(Cl)cccc3Cl)[nH]c2c1. The number of H-pyrrole nitrogens is 1. The molecule has 0 saturated heterocycles. The number of hydrogen-bond donors (Lipinski definition) is 2. The number of carbonyl (C=O) groups excluding carboxylic acids is 1. The van der Waals surface area contributed by atoms with E-state index in [1.54, 1.807) is 36.4 Å². The summed E-state index contributed by atoms with van der Waals surface area (Å²) < 4.78 is 0. The molecule has 4 aromatic rings. The molecular weight excluding hydrogens is 369 g/mol. The highest BCUT2D eigenvalue weighted by Gasteiger charge is 2.14. The number of aromatic amines is 1. The quantitative estimate of drug-likeness (QED) is 0.471. The molecule has 6 heteroatoms. The van der Waals surface area contributed by atoms with Crippen LogP contribution < -0.4 is 5.32 Å². The van der Waals surface area contributed by atoms with Crippen LogP contribution in [0.25, 0.3) is 22.4 Å². The Morgan fingerprint density at radius 1 is 0.923 bits per heavy atom. The molecule has 0 bridgehead atoms. The largest absolute Gasteiger partial charge is 0.338 e. The monoisotopic (exact) mass is 381 g/mol. The Kier molecular flexibility index (Phi) is 4.37. The van der Waals surface area contributed by atoms with Crippen LogP contribution in [0.4, 0.5) is 5.69 Å². The smallest absolute Gasteiger partial charge is 0.255 e. The van der Waals surface area contributed by atoms with Crippen LogP contribution >= 0.6 is 23.2 Å². The van der Waals surface area contributed by atoms with Gasteiger partial charge < -0.3 is 10.3 Å². The third-order valence-electron chi connectivity index (χ3n) is 3.98. The van der Waals surface area contributed by atoms with Crippen LogP contribution in [0.3, 0.4) is 0 Å². The summed E-state index contributed by atoms with van der Waals surface area (Å²) in [6, 6.07) is 19.9. The highest BCUT2D eigenvalue weighted by Crippen LogP contribution is 2.33. The fourth-order valence-corrected chi connectivity index (χ4v) is 3.29. The highest BCUT2D eigenvalue weighted by molar-refractivity contribution is 6.39. The first-order chi connectivity index (χ1) is 12.6. The summed E-state index contributed by atoms with van der Waals surface area (Å²) in [5.74, 6) is 0.376. The van der Waals surface area contributed by atoms with Gasteiger partial charge in [-0.25, -0.2) is 4.98 Å². The minimum Gasteiger partial charge on any atom is -0.338 e. The van der Waals surface area contributed by atoms with Gasteiger partial charge in [-0.1, -0.05) is 47.5 Å². The second-order valence-electron chi connectivity index (χ2n) is 5.73. The van der Waals surface area contributed by atoms with E-state index in [0.717, 1.165) is 16.7 Å². The van der Waals surface area contributed by atoms with Gasteiger partial charge in [-0.15, -0.1) is 0 Å². The normalized spacial score (nSPS) is 10.8. The van der Waals surface area contributed by atoms with Gasteiger partial charge >= 0.3 is 0 Å². The van der Waals surface area contributed by atoms with Crippen LogP contribution in [0.5, 0.6) is 0 Å². The van der Waals surface area contributed by atoms with E-state index < -0.39 is 0 Å². The van der Waals surface area contributed by atoms with Crippen LogP contribution in [0, 0.1) is 0 Å². The Morgan fingerprint density at radius 2 is 1.65 bits per heavy atom. The molecule has 128 valence electrons. The van der Waals surface area contributed by atoms with Crippen molar-refractivity contribution in [2.45, 2.75) is 0 Å². The van der Waals surface area contributed by atoms with Gasteiger partial charge in [0.2, 0.25) is 0 Å². The number of imidazole rings is 1. The summed E-state index contributed by atoms with van der Waals surface area (Å²) in [5.41, 5.74) is 3.37. The molecule has 3 aromatic carbocycles. The minimum atomic E-state index is -0.190. The van der Waals surface area contributed by atoms with Gasteiger partial charge in [-0.2, -0.15) is 0 Å². The molecule has 4 rings (SSSR count). The molecule has 4 nitrogen and oxygen atoms in total. The summed E-state index contributed by atoms with van der Waals surface area (Å²) in [5, 5.41) is 3.89. The van der Waals surface area contributed by atoms with Crippen LogP contribution in [-0.4, -0.2) is 15.9 Å². The van der Waals surface area contributed by atoms with Gasteiger partial charge in [0.05, 0.1) is 26.6 Å². The number of fused-ring (bicyclic) bond motifs is 1. The van der Waals surface area contributed by atoms with Gasteiger partial charge in [-0.3, -0.25) is 4.79 Å². The molecule has 0 saturated carbocycles. The first-order valence-electron chi connectivity index (χ1n) is 7.92. The molecule has 1 amide bonds. The van der Waals surface area contributed by atoms with Crippen molar-refractivity contribution in [1.29, 1.82) is 0 Å². The predicted octanol–water partition coefficient (Wildman–Crippen LogP) is 5.79. The third kappa shape index (κ3) is 3.17.